The molecule has 4 N–H and O–H groups in total. The lowest BCUT2D eigenvalue weighted by molar-refractivity contribution is -0.384. The molecule has 0 amide bonds. The first kappa shape index (κ1) is 42.8. The van der Waals surface area contributed by atoms with Gasteiger partial charge in [0.15, 0.2) is 24.6 Å². The van der Waals surface area contributed by atoms with Crippen LogP contribution in [0.1, 0.15) is 99.8 Å². The second-order valence-electron chi connectivity index (χ2n) is 13.6. The van der Waals surface area contributed by atoms with Crippen molar-refractivity contribution in [1.29, 1.82) is 0 Å². The van der Waals surface area contributed by atoms with E-state index in [1.54, 1.807) is 27.7 Å². The van der Waals surface area contributed by atoms with Gasteiger partial charge in [-0.05, 0) is 6.42 Å². The summed E-state index contributed by atoms with van der Waals surface area (Å²) in [6.07, 6.45) is -5.93. The molecule has 0 saturated carbocycles. The average Bonchev–Trinajstić information content (AvgIpc) is 3.32. The smallest absolute Gasteiger partial charge is 0.308 e. The van der Waals surface area contributed by atoms with Crippen LogP contribution in [0.4, 0.5) is 0 Å². The zero-order valence-electron chi connectivity index (χ0n) is 29.9. The number of unbranched alkanes of at least 4 members (excludes halogenated alkanes) is 6. The molecular weight excluding hydrogens is 648 g/mol. The summed E-state index contributed by atoms with van der Waals surface area (Å²) in [6, 6.07) is 0. The standard InChI is InChI=1S/C34H58O15/c1-8-9-10-11-12-13-14-15-24(37)43-17-23-27(45-30(40)19(2)3)28(46-31(41)20(4)5)26(39)33(44-23)49-34(18-36)29(47-32(42)21(6)7)25(38)22(16-35)48-34/h19-23,25-29,33,35-36,38-39H,8-18H2,1-7H3/t22-,23-,25-,26-,27-,28-,29+,33-,34+/m1/s1. The molecule has 2 fully saturated rings. The topological polar surface area (TPSA) is 214 Å². The van der Waals surface area contributed by atoms with Gasteiger partial charge in [-0.2, -0.15) is 0 Å². The van der Waals surface area contributed by atoms with E-state index in [2.05, 4.69) is 6.92 Å². The van der Waals surface area contributed by atoms with Crippen LogP contribution in [-0.2, 0) is 52.3 Å². The molecule has 2 heterocycles. The number of ether oxygens (including phenoxy) is 7. The molecule has 2 rings (SSSR count). The molecule has 0 radical (unpaired) electrons. The molecule has 0 aromatic rings. The van der Waals surface area contributed by atoms with E-state index in [1.807, 2.05) is 0 Å². The summed E-state index contributed by atoms with van der Waals surface area (Å²) in [5.74, 6) is -7.16. The zero-order valence-corrected chi connectivity index (χ0v) is 29.9. The van der Waals surface area contributed by atoms with Crippen molar-refractivity contribution in [3.63, 3.8) is 0 Å². The van der Waals surface area contributed by atoms with Gasteiger partial charge in [-0.15, -0.1) is 0 Å². The number of carbonyl (C=O) groups is 4. The minimum atomic E-state index is -2.38. The van der Waals surface area contributed by atoms with Gasteiger partial charge in [0, 0.05) is 6.42 Å². The second kappa shape index (κ2) is 20.4. The molecule has 2 aliphatic heterocycles. The fourth-order valence-corrected chi connectivity index (χ4v) is 5.29. The van der Waals surface area contributed by atoms with Crippen molar-refractivity contribution in [2.45, 2.75) is 155 Å². The summed E-state index contributed by atoms with van der Waals surface area (Å²) in [6.45, 7) is 9.15. The van der Waals surface area contributed by atoms with Gasteiger partial charge in [0.05, 0.1) is 24.4 Å². The molecule has 0 aliphatic carbocycles. The van der Waals surface area contributed by atoms with Gasteiger partial charge in [-0.3, -0.25) is 19.2 Å². The van der Waals surface area contributed by atoms with Crippen molar-refractivity contribution in [3.8, 4) is 0 Å². The van der Waals surface area contributed by atoms with Gasteiger partial charge in [0.25, 0.3) is 0 Å². The van der Waals surface area contributed by atoms with Crippen LogP contribution in [0, 0.1) is 17.8 Å². The van der Waals surface area contributed by atoms with Crippen molar-refractivity contribution in [1.82, 2.24) is 0 Å². The van der Waals surface area contributed by atoms with E-state index >= 15 is 0 Å². The van der Waals surface area contributed by atoms with E-state index < -0.39 is 116 Å². The number of esters is 4. The Bertz CT molecular complexity index is 1050. The SMILES string of the molecule is CCCCCCCCCC(=O)OC[C@H]1O[C@H](O[C@]2(CO)O[C@H](CO)[C@@H](O)[C@@H]2OC(=O)C(C)C)[C@H](O)[C@@H](OC(=O)C(C)C)[C@@H]1OC(=O)C(C)C. The van der Waals surface area contributed by atoms with Gasteiger partial charge >= 0.3 is 23.9 Å². The summed E-state index contributed by atoms with van der Waals surface area (Å²) in [4.78, 5) is 50.9. The highest BCUT2D eigenvalue weighted by atomic mass is 16.8. The van der Waals surface area contributed by atoms with Gasteiger partial charge in [0.2, 0.25) is 5.79 Å². The quantitative estimate of drug-likeness (QED) is 0.0809. The molecule has 0 aromatic carbocycles. The Kier molecular flexibility index (Phi) is 17.8. The van der Waals surface area contributed by atoms with Crippen LogP contribution in [-0.4, -0.2) is 119 Å². The molecule has 9 atom stereocenters. The van der Waals surface area contributed by atoms with E-state index in [0.717, 1.165) is 38.5 Å². The first-order valence-corrected chi connectivity index (χ1v) is 17.5. The molecule has 0 spiro atoms. The van der Waals surface area contributed by atoms with Crippen LogP contribution in [0.25, 0.3) is 0 Å². The second-order valence-corrected chi connectivity index (χ2v) is 13.6. The molecule has 0 bridgehead atoms. The molecule has 2 saturated heterocycles. The Morgan fingerprint density at radius 3 is 1.78 bits per heavy atom. The third-order valence-electron chi connectivity index (χ3n) is 8.36. The third kappa shape index (κ3) is 12.1. The first-order chi connectivity index (χ1) is 23.1. The predicted octanol–water partition coefficient (Wildman–Crippen LogP) is 1.92. The Morgan fingerprint density at radius 2 is 1.24 bits per heavy atom. The zero-order chi connectivity index (χ0) is 36.9. The highest BCUT2D eigenvalue weighted by Crippen LogP contribution is 2.39. The monoisotopic (exact) mass is 706 g/mol. The van der Waals surface area contributed by atoms with Gasteiger partial charge in [-0.1, -0.05) is 87.0 Å². The van der Waals surface area contributed by atoms with E-state index in [-0.39, 0.29) is 6.42 Å². The van der Waals surface area contributed by atoms with Crippen molar-refractivity contribution in [3.05, 3.63) is 0 Å². The van der Waals surface area contributed by atoms with Crippen LogP contribution < -0.4 is 0 Å². The molecule has 15 heteroatoms. The highest BCUT2D eigenvalue weighted by molar-refractivity contribution is 5.73. The summed E-state index contributed by atoms with van der Waals surface area (Å²) in [5.41, 5.74) is 0. The lowest BCUT2D eigenvalue weighted by Crippen LogP contribution is -2.65. The molecular formula is C34H58O15. The molecule has 2 aliphatic rings. The molecule has 284 valence electrons. The van der Waals surface area contributed by atoms with Crippen LogP contribution in [0.15, 0.2) is 0 Å². The minimum absolute atomic E-state index is 0.121. The normalized spacial score (nSPS) is 30.1. The fraction of sp³-hybridized carbons (Fsp3) is 0.882. The van der Waals surface area contributed by atoms with Crippen LogP contribution in [0.2, 0.25) is 0 Å². The maximum atomic E-state index is 12.8. The van der Waals surface area contributed by atoms with Gasteiger partial charge in [-0.25, -0.2) is 0 Å². The third-order valence-corrected chi connectivity index (χ3v) is 8.36. The number of carbonyl (C=O) groups excluding carboxylic acids is 4. The van der Waals surface area contributed by atoms with Crippen molar-refractivity contribution >= 4 is 23.9 Å². The van der Waals surface area contributed by atoms with Crippen LogP contribution >= 0.6 is 0 Å². The number of aliphatic hydroxyl groups is 4. The molecule has 0 aromatic heterocycles. The number of rotatable bonds is 20. The first-order valence-electron chi connectivity index (χ1n) is 17.5. The highest BCUT2D eigenvalue weighted by Gasteiger charge is 2.62. The number of hydrogen-bond acceptors (Lipinski definition) is 15. The van der Waals surface area contributed by atoms with Crippen molar-refractivity contribution in [2.75, 3.05) is 19.8 Å². The summed E-state index contributed by atoms with van der Waals surface area (Å²) < 4.78 is 39.8. The molecule has 49 heavy (non-hydrogen) atoms. The summed E-state index contributed by atoms with van der Waals surface area (Å²) >= 11 is 0. The lowest BCUT2D eigenvalue weighted by atomic mass is 9.97. The number of aliphatic hydroxyl groups excluding tert-OH is 4. The van der Waals surface area contributed by atoms with Gasteiger partial charge < -0.3 is 53.6 Å². The maximum absolute atomic E-state index is 12.8. The van der Waals surface area contributed by atoms with E-state index in [0.29, 0.717) is 6.42 Å². The Hall–Kier alpha value is -2.40. The van der Waals surface area contributed by atoms with E-state index in [9.17, 15) is 39.6 Å². The Morgan fingerprint density at radius 1 is 0.714 bits per heavy atom. The van der Waals surface area contributed by atoms with Crippen molar-refractivity contribution in [2.24, 2.45) is 17.8 Å². The van der Waals surface area contributed by atoms with Gasteiger partial charge in [0.1, 0.15) is 37.6 Å². The van der Waals surface area contributed by atoms with E-state index in [4.69, 9.17) is 33.2 Å². The van der Waals surface area contributed by atoms with Crippen molar-refractivity contribution < 1.29 is 72.8 Å². The fourth-order valence-electron chi connectivity index (χ4n) is 5.29. The maximum Gasteiger partial charge on any atom is 0.308 e. The average molecular weight is 707 g/mol. The Labute approximate surface area is 288 Å². The lowest BCUT2D eigenvalue weighted by Gasteiger charge is -2.46. The minimum Gasteiger partial charge on any atom is -0.463 e. The predicted molar refractivity (Wildman–Crippen MR) is 171 cm³/mol. The molecule has 15 nitrogen and oxygen atoms in total. The van der Waals surface area contributed by atoms with Crippen LogP contribution in [0.3, 0.4) is 0 Å². The number of hydrogen-bond donors (Lipinski definition) is 4. The summed E-state index contributed by atoms with van der Waals surface area (Å²) in [7, 11) is 0. The largest absolute Gasteiger partial charge is 0.463 e. The molecule has 0 unspecified atom stereocenters. The van der Waals surface area contributed by atoms with E-state index in [1.165, 1.54) is 13.8 Å². The summed E-state index contributed by atoms with van der Waals surface area (Å²) in [5, 5.41) is 42.7. The Balaban J connectivity index is 2.40. The van der Waals surface area contributed by atoms with Crippen LogP contribution in [0.5, 0.6) is 0 Å².